The van der Waals surface area contributed by atoms with E-state index < -0.39 is 23.8 Å². The van der Waals surface area contributed by atoms with E-state index in [-0.39, 0.29) is 19.3 Å². The molecule has 9 heteroatoms. The molecule has 1 aliphatic heterocycles. The quantitative estimate of drug-likeness (QED) is 0.563. The van der Waals surface area contributed by atoms with Crippen LogP contribution in [0.1, 0.15) is 29.5 Å². The van der Waals surface area contributed by atoms with Crippen molar-refractivity contribution in [3.05, 3.63) is 41.0 Å². The summed E-state index contributed by atoms with van der Waals surface area (Å²) in [5, 5.41) is 0. The Kier molecular flexibility index (Phi) is 6.72. The molecule has 0 N–H and O–H groups in total. The van der Waals surface area contributed by atoms with Gasteiger partial charge in [-0.25, -0.2) is 0 Å². The van der Waals surface area contributed by atoms with Crippen molar-refractivity contribution in [1.82, 2.24) is 0 Å². The van der Waals surface area contributed by atoms with Crippen molar-refractivity contribution >= 4 is 11.9 Å². The van der Waals surface area contributed by atoms with Gasteiger partial charge >= 0.3 is 11.9 Å². The first kappa shape index (κ1) is 23.5. The van der Waals surface area contributed by atoms with Gasteiger partial charge in [0.25, 0.3) is 0 Å². The molecule has 0 radical (unpaired) electrons. The lowest BCUT2D eigenvalue weighted by molar-refractivity contribution is -0.153. The number of carbonyl (C=O) groups excluding carboxylic acids is 2. The first-order valence-electron chi connectivity index (χ1n) is 10.8. The Morgan fingerprint density at radius 1 is 0.941 bits per heavy atom. The fraction of sp³-hybridized carbons (Fsp3) is 0.440. The van der Waals surface area contributed by atoms with Crippen LogP contribution in [0.3, 0.4) is 0 Å². The number of ether oxygens (including phenoxy) is 7. The third-order valence-corrected chi connectivity index (χ3v) is 6.34. The molecular weight excluding hydrogens is 444 g/mol. The molecule has 0 saturated heterocycles. The van der Waals surface area contributed by atoms with Crippen LogP contribution in [0.15, 0.2) is 24.3 Å². The zero-order valence-electron chi connectivity index (χ0n) is 19.8. The van der Waals surface area contributed by atoms with Gasteiger partial charge in [-0.3, -0.25) is 9.59 Å². The molecule has 0 unspecified atom stereocenters. The highest BCUT2D eigenvalue weighted by Crippen LogP contribution is 2.51. The summed E-state index contributed by atoms with van der Waals surface area (Å²) in [5.74, 6) is 0.386. The molecule has 1 heterocycles. The van der Waals surface area contributed by atoms with E-state index in [4.69, 9.17) is 33.2 Å². The van der Waals surface area contributed by atoms with Gasteiger partial charge in [0.05, 0.1) is 41.0 Å². The van der Waals surface area contributed by atoms with Crippen LogP contribution in [-0.2, 0) is 25.5 Å². The van der Waals surface area contributed by atoms with E-state index in [9.17, 15) is 9.59 Å². The van der Waals surface area contributed by atoms with Crippen molar-refractivity contribution in [3.8, 4) is 28.7 Å². The largest absolute Gasteiger partial charge is 0.493 e. The summed E-state index contributed by atoms with van der Waals surface area (Å²) in [6, 6.07) is 7.48. The molecular formula is C25H28O9. The maximum atomic E-state index is 13.2. The molecule has 0 saturated carbocycles. The highest BCUT2D eigenvalue weighted by molar-refractivity contribution is 5.77. The predicted molar refractivity (Wildman–Crippen MR) is 120 cm³/mol. The van der Waals surface area contributed by atoms with Crippen LogP contribution in [0, 0.1) is 11.8 Å². The van der Waals surface area contributed by atoms with Gasteiger partial charge in [0, 0.05) is 18.8 Å². The van der Waals surface area contributed by atoms with Crippen LogP contribution in [0.2, 0.25) is 0 Å². The highest BCUT2D eigenvalue weighted by atomic mass is 16.7. The van der Waals surface area contributed by atoms with Crippen LogP contribution in [0.5, 0.6) is 28.7 Å². The second kappa shape index (κ2) is 9.70. The first-order valence-corrected chi connectivity index (χ1v) is 10.8. The van der Waals surface area contributed by atoms with Crippen LogP contribution in [0.4, 0.5) is 0 Å². The van der Waals surface area contributed by atoms with Crippen LogP contribution >= 0.6 is 0 Å². The average molecular weight is 472 g/mol. The SMILES string of the molecule is COC(=O)[C@@H]1[C@H](COC(C)=O)Cc2cc3c(cc2[C@H]1c1cc(OC)c(OC)c(OC)c1)OCO3. The Morgan fingerprint density at radius 3 is 2.15 bits per heavy atom. The summed E-state index contributed by atoms with van der Waals surface area (Å²) in [5.41, 5.74) is 2.63. The second-order valence-electron chi connectivity index (χ2n) is 8.16. The molecule has 0 amide bonds. The average Bonchev–Trinajstić information content (AvgIpc) is 3.30. The normalized spacial score (nSPS) is 20.2. The van der Waals surface area contributed by atoms with E-state index in [0.717, 1.165) is 16.7 Å². The van der Waals surface area contributed by atoms with Crippen LogP contribution < -0.4 is 23.7 Å². The molecule has 2 aromatic carbocycles. The van der Waals surface area contributed by atoms with Crippen molar-refractivity contribution in [3.63, 3.8) is 0 Å². The summed E-state index contributed by atoms with van der Waals surface area (Å²) >= 11 is 0. The molecule has 2 aromatic rings. The zero-order chi connectivity index (χ0) is 24.4. The minimum absolute atomic E-state index is 0.0733. The zero-order valence-corrected chi connectivity index (χ0v) is 19.8. The van der Waals surface area contributed by atoms with Crippen molar-refractivity contribution < 1.29 is 42.7 Å². The van der Waals surface area contributed by atoms with Gasteiger partial charge in [-0.05, 0) is 47.4 Å². The van der Waals surface area contributed by atoms with Gasteiger partial charge in [-0.15, -0.1) is 0 Å². The first-order chi connectivity index (χ1) is 16.4. The number of rotatable bonds is 7. The van der Waals surface area contributed by atoms with E-state index in [2.05, 4.69) is 0 Å². The molecule has 3 atom stereocenters. The summed E-state index contributed by atoms with van der Waals surface area (Å²) in [7, 11) is 5.96. The summed E-state index contributed by atoms with van der Waals surface area (Å²) in [6.07, 6.45) is 0.500. The molecule has 0 fully saturated rings. The fourth-order valence-corrected chi connectivity index (χ4v) is 4.86. The van der Waals surface area contributed by atoms with Gasteiger partial charge < -0.3 is 33.2 Å². The van der Waals surface area contributed by atoms with E-state index >= 15 is 0 Å². The van der Waals surface area contributed by atoms with Crippen LogP contribution in [0.25, 0.3) is 0 Å². The Hall–Kier alpha value is -3.62. The van der Waals surface area contributed by atoms with E-state index in [1.165, 1.54) is 35.4 Å². The number of esters is 2. The minimum Gasteiger partial charge on any atom is -0.493 e. The van der Waals surface area contributed by atoms with Gasteiger partial charge in [0.1, 0.15) is 0 Å². The third kappa shape index (κ3) is 4.18. The predicted octanol–water partition coefficient (Wildman–Crippen LogP) is 3.10. The summed E-state index contributed by atoms with van der Waals surface area (Å²) in [6.45, 7) is 1.55. The molecule has 4 rings (SSSR count). The third-order valence-electron chi connectivity index (χ3n) is 6.34. The number of methoxy groups -OCH3 is 4. The Labute approximate surface area is 197 Å². The summed E-state index contributed by atoms with van der Waals surface area (Å²) in [4.78, 5) is 24.8. The van der Waals surface area contributed by atoms with E-state index in [1.807, 2.05) is 24.3 Å². The Morgan fingerprint density at radius 2 is 1.59 bits per heavy atom. The topological polar surface area (TPSA) is 98.8 Å². The van der Waals surface area contributed by atoms with Gasteiger partial charge in [0.15, 0.2) is 23.0 Å². The number of carbonyl (C=O) groups is 2. The van der Waals surface area contributed by atoms with Crippen molar-refractivity contribution in [2.75, 3.05) is 41.8 Å². The minimum atomic E-state index is -0.639. The number of hydrogen-bond donors (Lipinski definition) is 0. The molecule has 1 aliphatic carbocycles. The second-order valence-corrected chi connectivity index (χ2v) is 8.16. The molecule has 34 heavy (non-hydrogen) atoms. The van der Waals surface area contributed by atoms with E-state index in [1.54, 1.807) is 0 Å². The van der Waals surface area contributed by atoms with Crippen LogP contribution in [-0.4, -0.2) is 53.8 Å². The molecule has 2 aliphatic rings. The van der Waals surface area contributed by atoms with Gasteiger partial charge in [0.2, 0.25) is 12.5 Å². The number of benzene rings is 2. The fourth-order valence-electron chi connectivity index (χ4n) is 4.86. The van der Waals surface area contributed by atoms with Crippen molar-refractivity contribution in [2.24, 2.45) is 11.8 Å². The molecule has 0 bridgehead atoms. The van der Waals surface area contributed by atoms with Crippen molar-refractivity contribution in [2.45, 2.75) is 19.3 Å². The Bertz CT molecular complexity index is 1070. The maximum absolute atomic E-state index is 13.2. The summed E-state index contributed by atoms with van der Waals surface area (Å²) < 4.78 is 38.4. The molecule has 182 valence electrons. The number of fused-ring (bicyclic) bond motifs is 2. The standard InChI is InChI=1S/C25H28O9/c1-13(26)32-11-16-6-14-7-18-19(34-12-33-18)10-17(14)22(23(16)25(27)31-5)15-8-20(28-2)24(30-4)21(9-15)29-3/h7-10,16,22-23H,6,11-12H2,1-5H3/t16-,22+,23+/m0/s1. The lowest BCUT2D eigenvalue weighted by Crippen LogP contribution is -2.39. The van der Waals surface area contributed by atoms with Gasteiger partial charge in [-0.2, -0.15) is 0 Å². The highest BCUT2D eigenvalue weighted by Gasteiger charge is 2.44. The molecule has 9 nitrogen and oxygen atoms in total. The smallest absolute Gasteiger partial charge is 0.310 e. The lowest BCUT2D eigenvalue weighted by atomic mass is 9.66. The Balaban J connectivity index is 1.93. The van der Waals surface area contributed by atoms with Crippen molar-refractivity contribution in [1.29, 1.82) is 0 Å². The number of hydrogen-bond acceptors (Lipinski definition) is 9. The monoisotopic (exact) mass is 472 g/mol. The van der Waals surface area contributed by atoms with E-state index in [0.29, 0.717) is 35.2 Å². The molecule has 0 spiro atoms. The van der Waals surface area contributed by atoms with Gasteiger partial charge in [-0.1, -0.05) is 0 Å². The molecule has 0 aromatic heterocycles. The lowest BCUT2D eigenvalue weighted by Gasteiger charge is -2.38. The maximum Gasteiger partial charge on any atom is 0.310 e.